The van der Waals surface area contributed by atoms with Gasteiger partial charge in [0, 0.05) is 10.4 Å². The molecule has 0 saturated heterocycles. The van der Waals surface area contributed by atoms with Gasteiger partial charge in [0.05, 0.1) is 0 Å². The van der Waals surface area contributed by atoms with E-state index in [1.165, 1.54) is 0 Å². The molecule has 14 heteroatoms. The van der Waals surface area contributed by atoms with E-state index in [0.717, 1.165) is 0 Å². The molecule has 74 valence electrons. The number of hydrogen-bond acceptors (Lipinski definition) is 4. The number of rotatable bonds is 0. The van der Waals surface area contributed by atoms with Gasteiger partial charge >= 0.3 is 136 Å². The Balaban J connectivity index is -0.00000000222. The van der Waals surface area contributed by atoms with Crippen molar-refractivity contribution in [1.29, 1.82) is 0 Å². The van der Waals surface area contributed by atoms with Crippen molar-refractivity contribution in [3.05, 3.63) is 0 Å². The van der Waals surface area contributed by atoms with Crippen LogP contribution in [0.25, 0.3) is 0 Å². The zero-order chi connectivity index (χ0) is 4.50. The van der Waals surface area contributed by atoms with Gasteiger partial charge in [0.2, 0.25) is 0 Å². The van der Waals surface area contributed by atoms with Crippen LogP contribution in [0.3, 0.4) is 0 Å². The first-order valence-corrected chi connectivity index (χ1v) is 2.00. The standard InChI is InChI=1S/H2O4S.4O.5Pb/c1-5(2,3)4;;;;;;;;;/h(H2,1,2,3,4);;;;;;;;;/q;4*-2;5*+2/p-2. The molecule has 0 fully saturated rings. The molecule has 14 heavy (non-hydrogen) atoms. The van der Waals surface area contributed by atoms with Crippen molar-refractivity contribution in [1.82, 2.24) is 0 Å². The molecule has 0 atom stereocenters. The van der Waals surface area contributed by atoms with Gasteiger partial charge in [-0.1, -0.05) is 0 Å². The average Bonchev–Trinajstić information content (AvgIpc) is 0.722. The van der Waals surface area contributed by atoms with Crippen LogP contribution >= 0.6 is 0 Å². The van der Waals surface area contributed by atoms with Crippen LogP contribution in [-0.2, 0) is 32.3 Å². The van der Waals surface area contributed by atoms with Crippen LogP contribution in [0.5, 0.6) is 0 Å². The van der Waals surface area contributed by atoms with Gasteiger partial charge in [-0.2, -0.15) is 0 Å². The zero-order valence-corrected chi connectivity index (χ0v) is 26.4. The molecule has 0 bridgehead atoms. The van der Waals surface area contributed by atoms with Crippen LogP contribution in [0, 0.1) is 0 Å². The Morgan fingerprint density at radius 2 is 0.571 bits per heavy atom. The molecule has 0 heterocycles. The topological polar surface area (TPSA) is 194 Å². The first kappa shape index (κ1) is 79.4. The maximum absolute atomic E-state index is 8.52. The van der Waals surface area contributed by atoms with Crippen LogP contribution in [0.2, 0.25) is 0 Å². The van der Waals surface area contributed by atoms with Crippen LogP contribution in [-0.4, -0.2) is 154 Å². The van der Waals surface area contributed by atoms with E-state index in [1.807, 2.05) is 0 Å². The fourth-order valence-electron chi connectivity index (χ4n) is 0. The number of hydrogen-bond donors (Lipinski definition) is 0. The van der Waals surface area contributed by atoms with Crippen LogP contribution < -0.4 is 0 Å². The second-order valence-corrected chi connectivity index (χ2v) is 1.22. The van der Waals surface area contributed by atoms with Crippen molar-refractivity contribution in [2.45, 2.75) is 0 Å². The Kier molecular flexibility index (Phi) is 246. The Morgan fingerprint density at radius 1 is 0.571 bits per heavy atom. The third-order valence-corrected chi connectivity index (χ3v) is 0. The second-order valence-electron chi connectivity index (χ2n) is 0.408. The van der Waals surface area contributed by atoms with Gasteiger partial charge in [-0.3, -0.25) is 8.42 Å². The van der Waals surface area contributed by atoms with Crippen molar-refractivity contribution < 1.29 is 39.4 Å². The van der Waals surface area contributed by atoms with Crippen molar-refractivity contribution in [3.63, 3.8) is 0 Å². The van der Waals surface area contributed by atoms with E-state index in [1.54, 1.807) is 0 Å². The van der Waals surface area contributed by atoms with E-state index in [4.69, 9.17) is 17.5 Å². The van der Waals surface area contributed by atoms with Gasteiger partial charge in [-0.25, -0.2) is 0 Å². The van der Waals surface area contributed by atoms with E-state index in [-0.39, 0.29) is 158 Å². The van der Waals surface area contributed by atoms with Gasteiger partial charge in [0.25, 0.3) is 0 Å². The van der Waals surface area contributed by atoms with Gasteiger partial charge in [-0.15, -0.1) is 0 Å². The maximum atomic E-state index is 8.52. The normalized spacial score (nSPS) is 4.14. The van der Waals surface area contributed by atoms with E-state index in [0.29, 0.717) is 0 Å². The van der Waals surface area contributed by atoms with E-state index >= 15 is 0 Å². The minimum Gasteiger partial charge on any atom is -2.00 e. The summed E-state index contributed by atoms with van der Waals surface area (Å²) in [5.41, 5.74) is 0. The Hall–Kier alpha value is 4.32. The van der Waals surface area contributed by atoms with Gasteiger partial charge in [0.1, 0.15) is 0 Å². The predicted molar refractivity (Wildman–Crippen MR) is 42.0 cm³/mol. The van der Waals surface area contributed by atoms with E-state index in [2.05, 4.69) is 0 Å². The summed E-state index contributed by atoms with van der Waals surface area (Å²) in [5.74, 6) is 0. The fourth-order valence-corrected chi connectivity index (χ4v) is 0. The van der Waals surface area contributed by atoms with Crippen molar-refractivity contribution in [3.8, 4) is 0 Å². The monoisotopic (exact) mass is 1200 g/mol. The average molecular weight is 1200 g/mol. The zero-order valence-electron chi connectivity index (χ0n) is 6.17. The molecule has 0 aromatic carbocycles. The SMILES string of the molecule is O=S(=O)([O-])[O-].[O-2].[O-2].[O-2].[O-2].[Pb+2].[Pb+2].[Pb+2].[Pb+2].[Pb+2]. The molecule has 0 N–H and O–H groups in total. The largest absolute Gasteiger partial charge is 2.00 e. The minimum absolute atomic E-state index is 0. The first-order valence-electron chi connectivity index (χ1n) is 0.667. The molecule has 0 spiro atoms. The van der Waals surface area contributed by atoms with Crippen molar-refractivity contribution in [2.75, 3.05) is 0 Å². The Morgan fingerprint density at radius 3 is 0.571 bits per heavy atom. The third kappa shape index (κ3) is 205. The molecule has 0 rings (SSSR count). The van der Waals surface area contributed by atoms with Crippen LogP contribution in [0.1, 0.15) is 0 Å². The van der Waals surface area contributed by atoms with Crippen LogP contribution in [0.15, 0.2) is 0 Å². The summed E-state index contributed by atoms with van der Waals surface area (Å²) < 4.78 is 34.1. The van der Waals surface area contributed by atoms with E-state index in [9.17, 15) is 0 Å². The molecule has 8 nitrogen and oxygen atoms in total. The Labute approximate surface area is 182 Å². The maximum Gasteiger partial charge on any atom is 2.00 e. The molecular formula is O8Pb5S. The Bertz CT molecular complexity index is 101. The first-order chi connectivity index (χ1) is 2.00. The molecular weight excluding hydrogens is 1200 g/mol. The fraction of sp³-hybridized carbons (Fsp3) is 0. The van der Waals surface area contributed by atoms with Gasteiger partial charge in [-0.05, 0) is 0 Å². The van der Waals surface area contributed by atoms with Gasteiger partial charge < -0.3 is 31.0 Å². The summed E-state index contributed by atoms with van der Waals surface area (Å²) in [6.07, 6.45) is 0. The van der Waals surface area contributed by atoms with Gasteiger partial charge in [0.15, 0.2) is 0 Å². The summed E-state index contributed by atoms with van der Waals surface area (Å²) in [4.78, 5) is 0. The summed E-state index contributed by atoms with van der Waals surface area (Å²) >= 11 is 0. The molecule has 0 amide bonds. The smallest absolute Gasteiger partial charge is 2.00 e. The van der Waals surface area contributed by atoms with Crippen molar-refractivity contribution >= 4 is 147 Å². The molecule has 0 aliphatic heterocycles. The summed E-state index contributed by atoms with van der Waals surface area (Å²) in [6.45, 7) is 0. The van der Waals surface area contributed by atoms with Crippen molar-refractivity contribution in [2.24, 2.45) is 0 Å². The molecule has 0 aliphatic carbocycles. The molecule has 0 aliphatic rings. The quantitative estimate of drug-likeness (QED) is 0.137. The molecule has 10 radical (unpaired) electrons. The molecule has 0 unspecified atom stereocenters. The van der Waals surface area contributed by atoms with E-state index < -0.39 is 10.4 Å². The summed E-state index contributed by atoms with van der Waals surface area (Å²) in [7, 11) is -5.17. The third-order valence-electron chi connectivity index (χ3n) is 0. The molecule has 0 aromatic rings. The molecule has 0 aromatic heterocycles. The predicted octanol–water partition coefficient (Wildman–Crippen LogP) is -3.72. The summed E-state index contributed by atoms with van der Waals surface area (Å²) in [6, 6.07) is 0. The molecule has 0 saturated carbocycles. The van der Waals surface area contributed by atoms with Crippen LogP contribution in [0.4, 0.5) is 0 Å². The second kappa shape index (κ2) is 43.3. The summed E-state index contributed by atoms with van der Waals surface area (Å²) in [5, 5.41) is 0. The minimum atomic E-state index is -5.17.